The number of carbonyl (C=O) groups is 1. The van der Waals surface area contributed by atoms with Crippen LogP contribution >= 0.6 is 0 Å². The Kier molecular flexibility index (Phi) is 3.69. The number of benzene rings is 1. The van der Waals surface area contributed by atoms with Crippen LogP contribution in [0.3, 0.4) is 0 Å². The summed E-state index contributed by atoms with van der Waals surface area (Å²) < 4.78 is 5.65. The van der Waals surface area contributed by atoms with E-state index in [0.29, 0.717) is 18.5 Å². The van der Waals surface area contributed by atoms with Gasteiger partial charge in [0.05, 0.1) is 12.5 Å². The van der Waals surface area contributed by atoms with E-state index in [1.807, 2.05) is 24.3 Å². The molecule has 5 nitrogen and oxygen atoms in total. The first kappa shape index (κ1) is 13.1. The van der Waals surface area contributed by atoms with Crippen molar-refractivity contribution < 1.29 is 14.3 Å². The van der Waals surface area contributed by atoms with Gasteiger partial charge in [0.25, 0.3) is 0 Å². The van der Waals surface area contributed by atoms with Crippen LogP contribution in [0.1, 0.15) is 31.6 Å². The number of carboxylic acid groups (broad SMARTS) is 1. The lowest BCUT2D eigenvalue weighted by atomic mass is 9.86. The molecule has 0 radical (unpaired) electrons. The lowest BCUT2D eigenvalue weighted by Crippen LogP contribution is -2.34. The lowest BCUT2D eigenvalue weighted by Gasteiger charge is -2.26. The van der Waals surface area contributed by atoms with E-state index >= 15 is 0 Å². The third-order valence-electron chi connectivity index (χ3n) is 3.96. The average Bonchev–Trinajstić information content (AvgIpc) is 2.88. The van der Waals surface area contributed by atoms with Crippen LogP contribution in [-0.4, -0.2) is 22.1 Å². The summed E-state index contributed by atoms with van der Waals surface area (Å²) in [4.78, 5) is 15.3. The Hall–Kier alpha value is -1.88. The van der Waals surface area contributed by atoms with Gasteiger partial charge < -0.3 is 14.8 Å². The van der Waals surface area contributed by atoms with E-state index in [1.165, 1.54) is 0 Å². The summed E-state index contributed by atoms with van der Waals surface area (Å²) in [6.45, 7) is 0.594. The van der Waals surface area contributed by atoms with Gasteiger partial charge in [0.15, 0.2) is 5.58 Å². The van der Waals surface area contributed by atoms with Crippen LogP contribution in [-0.2, 0) is 11.3 Å². The molecule has 2 aromatic rings. The number of fused-ring (bicyclic) bond motifs is 1. The highest BCUT2D eigenvalue weighted by Crippen LogP contribution is 2.24. The number of oxazole rings is 1. The molecule has 0 spiro atoms. The van der Waals surface area contributed by atoms with Crippen LogP contribution < -0.4 is 5.32 Å². The second-order valence-corrected chi connectivity index (χ2v) is 5.34. The van der Waals surface area contributed by atoms with Crippen molar-refractivity contribution in [2.75, 3.05) is 0 Å². The van der Waals surface area contributed by atoms with Crippen molar-refractivity contribution >= 4 is 17.1 Å². The highest BCUT2D eigenvalue weighted by molar-refractivity contribution is 5.72. The maximum Gasteiger partial charge on any atom is 0.306 e. The summed E-state index contributed by atoms with van der Waals surface area (Å²) in [6.07, 6.45) is 3.30. The molecule has 1 saturated carbocycles. The Labute approximate surface area is 117 Å². The highest BCUT2D eigenvalue weighted by atomic mass is 16.4. The van der Waals surface area contributed by atoms with E-state index in [9.17, 15) is 4.79 Å². The third-order valence-corrected chi connectivity index (χ3v) is 3.96. The van der Waals surface area contributed by atoms with Gasteiger partial charge in [-0.2, -0.15) is 0 Å². The number of carboxylic acids is 1. The Bertz CT molecular complexity index is 567. The summed E-state index contributed by atoms with van der Waals surface area (Å²) in [5.41, 5.74) is 1.68. The number of rotatable bonds is 4. The summed E-state index contributed by atoms with van der Waals surface area (Å²) in [5, 5.41) is 12.4. The van der Waals surface area contributed by atoms with Crippen molar-refractivity contribution in [2.45, 2.75) is 38.3 Å². The SMILES string of the molecule is O=C(O)C1CCC(NCc2nc3ccccc3o2)CC1. The molecule has 1 aromatic heterocycles. The Balaban J connectivity index is 1.54. The Morgan fingerprint density at radius 2 is 2.05 bits per heavy atom. The standard InChI is InChI=1S/C15H18N2O3/c18-15(19)10-5-7-11(8-6-10)16-9-14-17-12-3-1-2-4-13(12)20-14/h1-4,10-11,16H,5-9H2,(H,18,19). The number of nitrogens with zero attached hydrogens (tertiary/aromatic N) is 1. The van der Waals surface area contributed by atoms with Gasteiger partial charge in [-0.15, -0.1) is 0 Å². The molecule has 1 fully saturated rings. The molecule has 5 heteroatoms. The predicted octanol–water partition coefficient (Wildman–Crippen LogP) is 2.56. The minimum atomic E-state index is -0.664. The van der Waals surface area contributed by atoms with E-state index in [2.05, 4.69) is 10.3 Å². The molecule has 106 valence electrons. The molecule has 20 heavy (non-hydrogen) atoms. The molecule has 1 aliphatic rings. The van der Waals surface area contributed by atoms with Gasteiger partial charge in [-0.25, -0.2) is 4.98 Å². The number of para-hydroxylation sites is 2. The summed E-state index contributed by atoms with van der Waals surface area (Å²) >= 11 is 0. The van der Waals surface area contributed by atoms with E-state index in [-0.39, 0.29) is 5.92 Å². The molecule has 1 heterocycles. The molecule has 0 amide bonds. The van der Waals surface area contributed by atoms with Crippen molar-refractivity contribution in [3.63, 3.8) is 0 Å². The van der Waals surface area contributed by atoms with Crippen LogP contribution in [0.4, 0.5) is 0 Å². The van der Waals surface area contributed by atoms with E-state index in [4.69, 9.17) is 9.52 Å². The van der Waals surface area contributed by atoms with Crippen molar-refractivity contribution in [2.24, 2.45) is 5.92 Å². The molecule has 1 aromatic carbocycles. The fourth-order valence-electron chi connectivity index (χ4n) is 2.77. The quantitative estimate of drug-likeness (QED) is 0.896. The van der Waals surface area contributed by atoms with Crippen molar-refractivity contribution in [1.29, 1.82) is 0 Å². The summed E-state index contributed by atoms with van der Waals surface area (Å²) in [7, 11) is 0. The maximum absolute atomic E-state index is 10.9. The zero-order chi connectivity index (χ0) is 13.9. The Morgan fingerprint density at radius 3 is 2.75 bits per heavy atom. The summed E-state index contributed by atoms with van der Waals surface area (Å²) in [5.74, 6) is -0.147. The van der Waals surface area contributed by atoms with Gasteiger partial charge in [-0.05, 0) is 37.8 Å². The molecule has 0 aliphatic heterocycles. The van der Waals surface area contributed by atoms with Crippen LogP contribution in [0.25, 0.3) is 11.1 Å². The van der Waals surface area contributed by atoms with Crippen LogP contribution in [0.2, 0.25) is 0 Å². The van der Waals surface area contributed by atoms with Gasteiger partial charge in [-0.1, -0.05) is 12.1 Å². The molecule has 0 atom stereocenters. The van der Waals surface area contributed by atoms with Crippen molar-refractivity contribution in [3.8, 4) is 0 Å². The smallest absolute Gasteiger partial charge is 0.306 e. The van der Waals surface area contributed by atoms with E-state index in [1.54, 1.807) is 0 Å². The maximum atomic E-state index is 10.9. The van der Waals surface area contributed by atoms with E-state index < -0.39 is 5.97 Å². The third kappa shape index (κ3) is 2.82. The van der Waals surface area contributed by atoms with Gasteiger partial charge in [-0.3, -0.25) is 4.79 Å². The summed E-state index contributed by atoms with van der Waals surface area (Å²) in [6, 6.07) is 8.07. The molecule has 1 aliphatic carbocycles. The molecule has 0 unspecified atom stereocenters. The largest absolute Gasteiger partial charge is 0.481 e. The molecular weight excluding hydrogens is 256 g/mol. The normalized spacial score (nSPS) is 23.0. The molecule has 2 N–H and O–H groups in total. The molecular formula is C15H18N2O3. The molecule has 0 bridgehead atoms. The van der Waals surface area contributed by atoms with Crippen molar-refractivity contribution in [1.82, 2.24) is 10.3 Å². The number of nitrogens with one attached hydrogen (secondary N) is 1. The predicted molar refractivity (Wildman–Crippen MR) is 74.2 cm³/mol. The second-order valence-electron chi connectivity index (χ2n) is 5.34. The van der Waals surface area contributed by atoms with Gasteiger partial charge >= 0.3 is 5.97 Å². The van der Waals surface area contributed by atoms with Crippen LogP contribution in [0.5, 0.6) is 0 Å². The monoisotopic (exact) mass is 274 g/mol. The van der Waals surface area contributed by atoms with E-state index in [0.717, 1.165) is 36.8 Å². The number of hydrogen-bond donors (Lipinski definition) is 2. The van der Waals surface area contributed by atoms with Crippen LogP contribution in [0, 0.1) is 5.92 Å². The minimum Gasteiger partial charge on any atom is -0.481 e. The fraction of sp³-hybridized carbons (Fsp3) is 0.467. The van der Waals surface area contributed by atoms with Crippen LogP contribution in [0.15, 0.2) is 28.7 Å². The van der Waals surface area contributed by atoms with Gasteiger partial charge in [0.1, 0.15) is 5.52 Å². The minimum absolute atomic E-state index is 0.169. The Morgan fingerprint density at radius 1 is 1.30 bits per heavy atom. The first-order valence-electron chi connectivity index (χ1n) is 7.03. The van der Waals surface area contributed by atoms with Gasteiger partial charge in [0, 0.05) is 6.04 Å². The topological polar surface area (TPSA) is 75.4 Å². The first-order chi connectivity index (χ1) is 9.72. The molecule has 0 saturated heterocycles. The second kappa shape index (κ2) is 5.63. The van der Waals surface area contributed by atoms with Gasteiger partial charge in [0.2, 0.25) is 5.89 Å². The average molecular weight is 274 g/mol. The number of hydrogen-bond acceptors (Lipinski definition) is 4. The zero-order valence-corrected chi connectivity index (χ0v) is 11.2. The molecule has 3 rings (SSSR count). The van der Waals surface area contributed by atoms with Crippen molar-refractivity contribution in [3.05, 3.63) is 30.2 Å². The number of aliphatic carboxylic acids is 1. The fourth-order valence-corrected chi connectivity index (χ4v) is 2.77. The lowest BCUT2D eigenvalue weighted by molar-refractivity contribution is -0.142. The first-order valence-corrected chi connectivity index (χ1v) is 7.03. The number of aromatic nitrogens is 1. The highest BCUT2D eigenvalue weighted by Gasteiger charge is 2.25. The zero-order valence-electron chi connectivity index (χ0n) is 11.2.